The first-order valence-corrected chi connectivity index (χ1v) is 9.25. The first kappa shape index (κ1) is 17.4. The Labute approximate surface area is 128 Å². The van der Waals surface area contributed by atoms with E-state index in [2.05, 4.69) is 13.0 Å². The molecule has 0 amide bonds. The van der Waals surface area contributed by atoms with Crippen LogP contribution in [0.25, 0.3) is 0 Å². The summed E-state index contributed by atoms with van der Waals surface area (Å²) in [7, 11) is 0. The molecule has 1 heterocycles. The summed E-state index contributed by atoms with van der Waals surface area (Å²) in [6.07, 6.45) is 14.7. The smallest absolute Gasteiger partial charge is 0.138 e. The Hall–Kier alpha value is -0.630. The maximum atomic E-state index is 11.8. The Balaban J connectivity index is 1.83. The van der Waals surface area contributed by atoms with Gasteiger partial charge < -0.3 is 0 Å². The molecule has 20 heavy (non-hydrogen) atoms. The number of ketones is 1. The van der Waals surface area contributed by atoms with Crippen LogP contribution in [0.1, 0.15) is 82.4 Å². The number of Topliss-reactive ketones (excluding diaryl/α,β-unsaturated/α-hetero) is 1. The van der Waals surface area contributed by atoms with Crippen molar-refractivity contribution in [2.24, 2.45) is 0 Å². The van der Waals surface area contributed by atoms with E-state index in [-0.39, 0.29) is 0 Å². The fourth-order valence-electron chi connectivity index (χ4n) is 2.51. The van der Waals surface area contributed by atoms with Gasteiger partial charge in [0.2, 0.25) is 0 Å². The predicted octanol–water partition coefficient (Wildman–Crippen LogP) is 6.17. The Morgan fingerprint density at radius 1 is 0.950 bits per heavy atom. The SMILES string of the molecule is CCCCCCCCCCCCC(=O)Cc1cccs1. The Kier molecular flexibility index (Phi) is 10.6. The number of hydrogen-bond acceptors (Lipinski definition) is 2. The number of rotatable bonds is 13. The minimum absolute atomic E-state index is 0.409. The zero-order valence-corrected chi connectivity index (χ0v) is 13.9. The van der Waals surface area contributed by atoms with Gasteiger partial charge in [-0.3, -0.25) is 4.79 Å². The van der Waals surface area contributed by atoms with E-state index in [4.69, 9.17) is 0 Å². The van der Waals surface area contributed by atoms with E-state index in [1.807, 2.05) is 11.4 Å². The summed E-state index contributed by atoms with van der Waals surface area (Å²) in [5.74, 6) is 0.409. The first-order chi connectivity index (χ1) is 9.83. The Morgan fingerprint density at radius 2 is 1.55 bits per heavy atom. The molecule has 0 radical (unpaired) electrons. The number of carbonyl (C=O) groups excluding carboxylic acids is 1. The summed E-state index contributed by atoms with van der Waals surface area (Å²) in [6.45, 7) is 2.26. The molecule has 0 aliphatic heterocycles. The van der Waals surface area contributed by atoms with Crippen molar-refractivity contribution >= 4 is 17.1 Å². The molecule has 2 heteroatoms. The molecule has 1 aromatic heterocycles. The van der Waals surface area contributed by atoms with Gasteiger partial charge in [-0.1, -0.05) is 70.8 Å². The second-order valence-electron chi connectivity index (χ2n) is 5.73. The molecule has 0 saturated carbocycles. The van der Waals surface area contributed by atoms with Gasteiger partial charge >= 0.3 is 0 Å². The third-order valence-electron chi connectivity index (χ3n) is 3.76. The lowest BCUT2D eigenvalue weighted by molar-refractivity contribution is -0.118. The number of unbranched alkanes of at least 4 members (excludes halogenated alkanes) is 9. The quantitative estimate of drug-likeness (QED) is 0.397. The molecule has 1 aromatic rings. The van der Waals surface area contributed by atoms with Gasteiger partial charge in [0.05, 0.1) is 0 Å². The van der Waals surface area contributed by atoms with Crippen molar-refractivity contribution in [3.63, 3.8) is 0 Å². The maximum Gasteiger partial charge on any atom is 0.138 e. The van der Waals surface area contributed by atoms with E-state index >= 15 is 0 Å². The van der Waals surface area contributed by atoms with Crippen LogP contribution in [0.15, 0.2) is 17.5 Å². The lowest BCUT2D eigenvalue weighted by Crippen LogP contribution is -2.00. The molecule has 1 rings (SSSR count). The number of hydrogen-bond donors (Lipinski definition) is 0. The molecule has 0 aliphatic carbocycles. The van der Waals surface area contributed by atoms with Gasteiger partial charge in [-0.2, -0.15) is 0 Å². The molecular weight excluding hydrogens is 264 g/mol. The largest absolute Gasteiger partial charge is 0.299 e. The van der Waals surface area contributed by atoms with Gasteiger partial charge in [0.1, 0.15) is 5.78 Å². The normalized spacial score (nSPS) is 10.8. The summed E-state index contributed by atoms with van der Waals surface area (Å²) in [5, 5.41) is 2.04. The highest BCUT2D eigenvalue weighted by atomic mass is 32.1. The maximum absolute atomic E-state index is 11.8. The third kappa shape index (κ3) is 9.30. The summed E-state index contributed by atoms with van der Waals surface area (Å²) in [4.78, 5) is 13.0. The molecule has 0 atom stereocenters. The fraction of sp³-hybridized carbons (Fsp3) is 0.722. The predicted molar refractivity (Wildman–Crippen MR) is 89.5 cm³/mol. The van der Waals surface area contributed by atoms with E-state index in [1.54, 1.807) is 11.3 Å². The van der Waals surface area contributed by atoms with Crippen molar-refractivity contribution in [1.82, 2.24) is 0 Å². The average molecular weight is 295 g/mol. The average Bonchev–Trinajstić information content (AvgIpc) is 2.93. The standard InChI is InChI=1S/C18H30OS/c1-2-3-4-5-6-7-8-9-10-11-13-17(19)16-18-14-12-15-20-18/h12,14-15H,2-11,13,16H2,1H3. The summed E-state index contributed by atoms with van der Waals surface area (Å²) < 4.78 is 0. The fourth-order valence-corrected chi connectivity index (χ4v) is 3.24. The van der Waals surface area contributed by atoms with Crippen molar-refractivity contribution in [2.75, 3.05) is 0 Å². The van der Waals surface area contributed by atoms with Crippen molar-refractivity contribution in [1.29, 1.82) is 0 Å². The molecule has 0 spiro atoms. The monoisotopic (exact) mass is 294 g/mol. The van der Waals surface area contributed by atoms with Crippen LogP contribution in [0.5, 0.6) is 0 Å². The van der Waals surface area contributed by atoms with E-state index in [9.17, 15) is 4.79 Å². The van der Waals surface area contributed by atoms with Gasteiger partial charge in [-0.25, -0.2) is 0 Å². The second kappa shape index (κ2) is 12.1. The molecule has 0 N–H and O–H groups in total. The van der Waals surface area contributed by atoms with E-state index < -0.39 is 0 Å². The number of carbonyl (C=O) groups is 1. The molecule has 1 nitrogen and oxygen atoms in total. The minimum atomic E-state index is 0.409. The van der Waals surface area contributed by atoms with Crippen molar-refractivity contribution in [3.05, 3.63) is 22.4 Å². The lowest BCUT2D eigenvalue weighted by atomic mass is 10.0. The van der Waals surface area contributed by atoms with Gasteiger partial charge in [0, 0.05) is 17.7 Å². The van der Waals surface area contributed by atoms with Crippen LogP contribution in [0.2, 0.25) is 0 Å². The molecule has 0 aliphatic rings. The molecule has 0 unspecified atom stereocenters. The zero-order chi connectivity index (χ0) is 14.5. The van der Waals surface area contributed by atoms with E-state index in [0.717, 1.165) is 12.8 Å². The highest BCUT2D eigenvalue weighted by Crippen LogP contribution is 2.13. The molecule has 0 fully saturated rings. The van der Waals surface area contributed by atoms with Crippen molar-refractivity contribution in [2.45, 2.75) is 84.0 Å². The van der Waals surface area contributed by atoms with Crippen molar-refractivity contribution in [3.8, 4) is 0 Å². The molecule has 114 valence electrons. The molecule has 0 aromatic carbocycles. The van der Waals surface area contributed by atoms with Gasteiger partial charge in [0.25, 0.3) is 0 Å². The Bertz CT molecular complexity index is 329. The van der Waals surface area contributed by atoms with E-state index in [0.29, 0.717) is 12.2 Å². The van der Waals surface area contributed by atoms with E-state index in [1.165, 1.54) is 62.7 Å². The molecule has 0 saturated heterocycles. The van der Waals surface area contributed by atoms with Gasteiger partial charge in [-0.15, -0.1) is 11.3 Å². The van der Waals surface area contributed by atoms with Gasteiger partial charge in [-0.05, 0) is 17.9 Å². The van der Waals surface area contributed by atoms with Crippen LogP contribution >= 0.6 is 11.3 Å². The summed E-state index contributed by atoms with van der Waals surface area (Å²) in [6, 6.07) is 4.08. The van der Waals surface area contributed by atoms with Crippen LogP contribution < -0.4 is 0 Å². The van der Waals surface area contributed by atoms with Crippen LogP contribution in [0.4, 0.5) is 0 Å². The first-order valence-electron chi connectivity index (χ1n) is 8.37. The van der Waals surface area contributed by atoms with Crippen LogP contribution in [0.3, 0.4) is 0 Å². The van der Waals surface area contributed by atoms with Gasteiger partial charge in [0.15, 0.2) is 0 Å². The van der Waals surface area contributed by atoms with Crippen LogP contribution in [0, 0.1) is 0 Å². The zero-order valence-electron chi connectivity index (χ0n) is 13.0. The highest BCUT2D eigenvalue weighted by molar-refractivity contribution is 7.10. The third-order valence-corrected chi connectivity index (χ3v) is 4.64. The topological polar surface area (TPSA) is 17.1 Å². The van der Waals surface area contributed by atoms with Crippen molar-refractivity contribution < 1.29 is 4.79 Å². The highest BCUT2D eigenvalue weighted by Gasteiger charge is 2.04. The molecule has 0 bridgehead atoms. The molecular formula is C18H30OS. The summed E-state index contributed by atoms with van der Waals surface area (Å²) in [5.41, 5.74) is 0. The minimum Gasteiger partial charge on any atom is -0.299 e. The number of thiophene rings is 1. The van der Waals surface area contributed by atoms with Crippen LogP contribution in [-0.2, 0) is 11.2 Å². The van der Waals surface area contributed by atoms with Crippen LogP contribution in [-0.4, -0.2) is 5.78 Å². The second-order valence-corrected chi connectivity index (χ2v) is 6.76. The Morgan fingerprint density at radius 3 is 2.10 bits per heavy atom. The summed E-state index contributed by atoms with van der Waals surface area (Å²) >= 11 is 1.69. The lowest BCUT2D eigenvalue weighted by Gasteiger charge is -2.02.